The van der Waals surface area contributed by atoms with Crippen LogP contribution in [0.25, 0.3) is 0 Å². The Labute approximate surface area is 114 Å². The molecule has 1 atom stereocenters. The van der Waals surface area contributed by atoms with Gasteiger partial charge in [0.05, 0.1) is 13.2 Å². The summed E-state index contributed by atoms with van der Waals surface area (Å²) in [5.74, 6) is -1.47. The number of nitrogens with two attached hydrogens (primary N) is 1. The molecule has 0 saturated carbocycles. The predicted octanol–water partition coefficient (Wildman–Crippen LogP) is 3.81. The molecular formula is C11H16BrFNO3P. The van der Waals surface area contributed by atoms with Crippen LogP contribution in [0.15, 0.2) is 22.7 Å². The van der Waals surface area contributed by atoms with Crippen LogP contribution in [0.5, 0.6) is 0 Å². The van der Waals surface area contributed by atoms with Crippen LogP contribution in [0.3, 0.4) is 0 Å². The Morgan fingerprint density at radius 2 is 1.89 bits per heavy atom. The van der Waals surface area contributed by atoms with E-state index in [1.165, 1.54) is 12.1 Å². The molecule has 0 fully saturated rings. The highest BCUT2D eigenvalue weighted by Gasteiger charge is 2.34. The first kappa shape index (κ1) is 15.8. The van der Waals surface area contributed by atoms with Crippen LogP contribution in [-0.4, -0.2) is 13.2 Å². The van der Waals surface area contributed by atoms with Crippen molar-refractivity contribution in [3.05, 3.63) is 34.1 Å². The number of rotatable bonds is 6. The second-order valence-corrected chi connectivity index (χ2v) is 6.59. The SMILES string of the molecule is CCOP(=O)(OCC)[C@@H](N)c1cc(F)cc(Br)c1. The maximum atomic E-state index is 13.3. The molecule has 0 heterocycles. The molecule has 1 aromatic carbocycles. The second-order valence-electron chi connectivity index (χ2n) is 3.52. The van der Waals surface area contributed by atoms with Crippen LogP contribution in [0.1, 0.15) is 25.2 Å². The number of hydrogen-bond donors (Lipinski definition) is 1. The Morgan fingerprint density at radius 1 is 1.33 bits per heavy atom. The van der Waals surface area contributed by atoms with E-state index in [9.17, 15) is 8.96 Å². The van der Waals surface area contributed by atoms with Crippen molar-refractivity contribution < 1.29 is 18.0 Å². The minimum atomic E-state index is -3.48. The molecule has 0 amide bonds. The van der Waals surface area contributed by atoms with Crippen molar-refractivity contribution in [1.29, 1.82) is 0 Å². The molecule has 4 nitrogen and oxygen atoms in total. The molecule has 2 N–H and O–H groups in total. The first-order valence-corrected chi connectivity index (χ1v) is 7.93. The highest BCUT2D eigenvalue weighted by atomic mass is 79.9. The van der Waals surface area contributed by atoms with E-state index in [0.29, 0.717) is 10.0 Å². The monoisotopic (exact) mass is 339 g/mol. The third kappa shape index (κ3) is 3.87. The van der Waals surface area contributed by atoms with Crippen LogP contribution in [0, 0.1) is 5.82 Å². The van der Waals surface area contributed by atoms with Gasteiger partial charge in [0.15, 0.2) is 0 Å². The van der Waals surface area contributed by atoms with E-state index in [4.69, 9.17) is 14.8 Å². The fourth-order valence-corrected chi connectivity index (χ4v) is 3.60. The van der Waals surface area contributed by atoms with Gasteiger partial charge in [0.2, 0.25) is 0 Å². The van der Waals surface area contributed by atoms with Crippen LogP contribution in [0.2, 0.25) is 0 Å². The molecule has 18 heavy (non-hydrogen) atoms. The van der Waals surface area contributed by atoms with E-state index < -0.39 is 19.2 Å². The summed E-state index contributed by atoms with van der Waals surface area (Å²) in [6.45, 7) is 3.81. The van der Waals surface area contributed by atoms with E-state index in [1.807, 2.05) is 0 Å². The first-order valence-electron chi connectivity index (χ1n) is 5.53. The lowest BCUT2D eigenvalue weighted by Gasteiger charge is -2.23. The van der Waals surface area contributed by atoms with E-state index in [-0.39, 0.29) is 13.2 Å². The molecule has 0 aliphatic carbocycles. The molecule has 0 bridgehead atoms. The van der Waals surface area contributed by atoms with Crippen LogP contribution >= 0.6 is 23.5 Å². The Kier molecular flexibility index (Phi) is 5.95. The van der Waals surface area contributed by atoms with Crippen molar-refractivity contribution >= 4 is 23.5 Å². The summed E-state index contributed by atoms with van der Waals surface area (Å²) in [7, 11) is -3.48. The largest absolute Gasteiger partial charge is 0.351 e. The standard InChI is InChI=1S/C11H16BrFNO3P/c1-3-16-18(15,17-4-2)11(14)8-5-9(12)7-10(13)6-8/h5-7,11H,3-4,14H2,1-2H3/t11-/m1/s1. The lowest BCUT2D eigenvalue weighted by molar-refractivity contribution is 0.212. The fourth-order valence-electron chi connectivity index (χ4n) is 1.49. The Morgan fingerprint density at radius 3 is 2.33 bits per heavy atom. The van der Waals surface area contributed by atoms with Crippen molar-refractivity contribution in [2.24, 2.45) is 5.73 Å². The third-order valence-electron chi connectivity index (χ3n) is 2.19. The summed E-state index contributed by atoms with van der Waals surface area (Å²) in [6, 6.07) is 4.11. The molecular weight excluding hydrogens is 324 g/mol. The van der Waals surface area contributed by atoms with E-state index >= 15 is 0 Å². The Bertz CT molecular complexity index is 428. The van der Waals surface area contributed by atoms with Gasteiger partial charge in [0, 0.05) is 4.47 Å². The Balaban J connectivity index is 3.09. The van der Waals surface area contributed by atoms with Gasteiger partial charge in [-0.05, 0) is 37.6 Å². The molecule has 0 radical (unpaired) electrons. The molecule has 1 aromatic rings. The van der Waals surface area contributed by atoms with Crippen molar-refractivity contribution in [3.63, 3.8) is 0 Å². The van der Waals surface area contributed by atoms with Gasteiger partial charge in [-0.1, -0.05) is 15.9 Å². The van der Waals surface area contributed by atoms with Gasteiger partial charge < -0.3 is 14.8 Å². The molecule has 0 aliphatic heterocycles. The van der Waals surface area contributed by atoms with E-state index in [2.05, 4.69) is 15.9 Å². The van der Waals surface area contributed by atoms with Gasteiger partial charge in [-0.2, -0.15) is 0 Å². The van der Waals surface area contributed by atoms with Gasteiger partial charge in [-0.25, -0.2) is 4.39 Å². The minimum Gasteiger partial charge on any atom is -0.314 e. The Hall–Kier alpha value is -0.260. The first-order chi connectivity index (χ1) is 8.42. The lowest BCUT2D eigenvalue weighted by atomic mass is 10.2. The van der Waals surface area contributed by atoms with Crippen LogP contribution in [-0.2, 0) is 13.6 Å². The van der Waals surface area contributed by atoms with Crippen molar-refractivity contribution in [1.82, 2.24) is 0 Å². The van der Waals surface area contributed by atoms with Gasteiger partial charge >= 0.3 is 7.60 Å². The zero-order valence-electron chi connectivity index (χ0n) is 10.2. The number of hydrogen-bond acceptors (Lipinski definition) is 4. The highest BCUT2D eigenvalue weighted by Crippen LogP contribution is 2.58. The smallest absolute Gasteiger partial charge is 0.314 e. The van der Waals surface area contributed by atoms with Gasteiger partial charge in [-0.15, -0.1) is 0 Å². The average Bonchev–Trinajstić information content (AvgIpc) is 2.27. The third-order valence-corrected chi connectivity index (χ3v) is 4.86. The van der Waals surface area contributed by atoms with E-state index in [0.717, 1.165) is 0 Å². The quantitative estimate of drug-likeness (QED) is 0.800. The summed E-state index contributed by atoms with van der Waals surface area (Å²) in [5, 5.41) is 0. The number of benzene rings is 1. The molecule has 1 rings (SSSR count). The second kappa shape index (κ2) is 6.78. The zero-order chi connectivity index (χ0) is 13.8. The molecule has 0 saturated heterocycles. The van der Waals surface area contributed by atoms with Gasteiger partial charge in [-0.3, -0.25) is 4.57 Å². The maximum absolute atomic E-state index is 13.3. The summed E-state index contributed by atoms with van der Waals surface area (Å²) >= 11 is 3.16. The molecule has 0 aromatic heterocycles. The summed E-state index contributed by atoms with van der Waals surface area (Å²) < 4.78 is 36.5. The molecule has 7 heteroatoms. The molecule has 0 aliphatic rings. The van der Waals surface area contributed by atoms with E-state index in [1.54, 1.807) is 19.9 Å². The lowest BCUT2D eigenvalue weighted by Crippen LogP contribution is -2.15. The normalized spacial score (nSPS) is 13.6. The van der Waals surface area contributed by atoms with Crippen molar-refractivity contribution in [2.75, 3.05) is 13.2 Å². The summed E-state index contributed by atoms with van der Waals surface area (Å²) in [5.41, 5.74) is 6.25. The average molecular weight is 340 g/mol. The van der Waals surface area contributed by atoms with Gasteiger partial charge in [0.1, 0.15) is 11.6 Å². The molecule has 102 valence electrons. The highest BCUT2D eigenvalue weighted by molar-refractivity contribution is 9.10. The maximum Gasteiger partial charge on any atom is 0.351 e. The van der Waals surface area contributed by atoms with Gasteiger partial charge in [0.25, 0.3) is 0 Å². The topological polar surface area (TPSA) is 61.5 Å². The fraction of sp³-hybridized carbons (Fsp3) is 0.455. The molecule has 0 spiro atoms. The van der Waals surface area contributed by atoms with Crippen LogP contribution < -0.4 is 5.73 Å². The zero-order valence-corrected chi connectivity index (χ0v) is 12.7. The number of halogens is 2. The summed E-state index contributed by atoms with van der Waals surface area (Å²) in [4.78, 5) is 0. The predicted molar refractivity (Wildman–Crippen MR) is 71.9 cm³/mol. The van der Waals surface area contributed by atoms with Crippen molar-refractivity contribution in [2.45, 2.75) is 19.6 Å². The summed E-state index contributed by atoms with van der Waals surface area (Å²) in [6.07, 6.45) is 0. The van der Waals surface area contributed by atoms with Crippen LogP contribution in [0.4, 0.5) is 4.39 Å². The minimum absolute atomic E-state index is 0.210. The molecule has 0 unspecified atom stereocenters. The van der Waals surface area contributed by atoms with Crippen molar-refractivity contribution in [3.8, 4) is 0 Å².